The van der Waals surface area contributed by atoms with Gasteiger partial charge in [-0.05, 0) is 45.4 Å². The normalized spacial score (nSPS) is 19.3. The van der Waals surface area contributed by atoms with Gasteiger partial charge in [-0.15, -0.1) is 0 Å². The van der Waals surface area contributed by atoms with E-state index in [4.69, 9.17) is 0 Å². The number of carbonyl (C=O) groups is 2. The molecular weight excluding hydrogens is 259 g/mol. The zero-order valence-corrected chi connectivity index (χ0v) is 11.9. The van der Waals surface area contributed by atoms with Gasteiger partial charge in [0, 0.05) is 17.8 Å². The molecule has 1 aliphatic rings. The quantitative estimate of drug-likeness (QED) is 0.842. The molecule has 0 aliphatic carbocycles. The Balaban J connectivity index is 2.12. The Morgan fingerprint density at radius 1 is 1.40 bits per heavy atom. The molecule has 0 spiro atoms. The predicted molar refractivity (Wildman–Crippen MR) is 74.8 cm³/mol. The van der Waals surface area contributed by atoms with Crippen molar-refractivity contribution in [2.24, 2.45) is 5.92 Å². The fourth-order valence-corrected chi connectivity index (χ4v) is 2.28. The number of carbonyl (C=O) groups excluding carboxylic acids is 2. The molecule has 108 valence electrons. The Labute approximate surface area is 118 Å². The summed E-state index contributed by atoms with van der Waals surface area (Å²) in [6, 6.07) is 5.86. The Kier molecular flexibility index (Phi) is 3.79. The van der Waals surface area contributed by atoms with E-state index in [0.717, 1.165) is 0 Å². The number of halogens is 1. The van der Waals surface area contributed by atoms with E-state index in [0.29, 0.717) is 18.7 Å². The lowest BCUT2D eigenvalue weighted by molar-refractivity contribution is -0.133. The SMILES string of the molecule is CC(C)(C)NC(=O)C1CCN(c2cccc(F)c2)C1=O. The van der Waals surface area contributed by atoms with Crippen molar-refractivity contribution in [3.05, 3.63) is 30.1 Å². The second-order valence-electron chi connectivity index (χ2n) is 6.05. The van der Waals surface area contributed by atoms with Crippen molar-refractivity contribution in [2.45, 2.75) is 32.7 Å². The molecular formula is C15H19FN2O2. The molecule has 0 radical (unpaired) electrons. The van der Waals surface area contributed by atoms with Crippen molar-refractivity contribution in [3.63, 3.8) is 0 Å². The average Bonchev–Trinajstić information content (AvgIpc) is 2.69. The molecule has 0 aromatic heterocycles. The minimum absolute atomic E-state index is 0.263. The molecule has 20 heavy (non-hydrogen) atoms. The van der Waals surface area contributed by atoms with Crippen molar-refractivity contribution in [3.8, 4) is 0 Å². The molecule has 1 N–H and O–H groups in total. The molecule has 2 amide bonds. The number of rotatable bonds is 2. The van der Waals surface area contributed by atoms with Crippen LogP contribution in [-0.2, 0) is 9.59 Å². The Hall–Kier alpha value is -1.91. The Morgan fingerprint density at radius 3 is 2.70 bits per heavy atom. The lowest BCUT2D eigenvalue weighted by Crippen LogP contribution is -2.45. The van der Waals surface area contributed by atoms with Crippen LogP contribution in [0.2, 0.25) is 0 Å². The predicted octanol–water partition coefficient (Wildman–Crippen LogP) is 2.09. The van der Waals surface area contributed by atoms with Gasteiger partial charge in [0.25, 0.3) is 0 Å². The van der Waals surface area contributed by atoms with Crippen LogP contribution in [0, 0.1) is 11.7 Å². The number of amides is 2. The van der Waals surface area contributed by atoms with Crippen molar-refractivity contribution < 1.29 is 14.0 Å². The monoisotopic (exact) mass is 278 g/mol. The fourth-order valence-electron chi connectivity index (χ4n) is 2.28. The van der Waals surface area contributed by atoms with Crippen LogP contribution in [0.5, 0.6) is 0 Å². The maximum atomic E-state index is 13.2. The number of nitrogens with one attached hydrogen (secondary N) is 1. The highest BCUT2D eigenvalue weighted by Gasteiger charge is 2.38. The van der Waals surface area contributed by atoms with Crippen molar-refractivity contribution in [2.75, 3.05) is 11.4 Å². The summed E-state index contributed by atoms with van der Waals surface area (Å²) in [6.07, 6.45) is 0.456. The number of benzene rings is 1. The van der Waals surface area contributed by atoms with E-state index in [9.17, 15) is 14.0 Å². The van der Waals surface area contributed by atoms with Crippen LogP contribution in [0.3, 0.4) is 0 Å². The number of hydrogen-bond donors (Lipinski definition) is 1. The van der Waals surface area contributed by atoms with Gasteiger partial charge < -0.3 is 10.2 Å². The van der Waals surface area contributed by atoms with Crippen LogP contribution < -0.4 is 10.2 Å². The maximum Gasteiger partial charge on any atom is 0.239 e. The standard InChI is InChI=1S/C15H19FN2O2/c1-15(2,3)17-13(19)12-7-8-18(14(12)20)11-6-4-5-10(16)9-11/h4-6,9,12H,7-8H2,1-3H3,(H,17,19). The van der Waals surface area contributed by atoms with Gasteiger partial charge in [-0.25, -0.2) is 4.39 Å². The molecule has 5 heteroatoms. The number of nitrogens with zero attached hydrogens (tertiary/aromatic N) is 1. The van der Waals surface area contributed by atoms with Crippen LogP contribution in [-0.4, -0.2) is 23.9 Å². The van der Waals surface area contributed by atoms with Gasteiger partial charge in [0.15, 0.2) is 0 Å². The van der Waals surface area contributed by atoms with E-state index in [-0.39, 0.29) is 17.4 Å². The summed E-state index contributed by atoms with van der Waals surface area (Å²) in [5.74, 6) is -1.60. The van der Waals surface area contributed by atoms with E-state index in [2.05, 4.69) is 5.32 Å². The molecule has 0 bridgehead atoms. The van der Waals surface area contributed by atoms with E-state index in [1.165, 1.54) is 17.0 Å². The second-order valence-corrected chi connectivity index (χ2v) is 6.05. The topological polar surface area (TPSA) is 49.4 Å². The molecule has 0 saturated carbocycles. The highest BCUT2D eigenvalue weighted by atomic mass is 19.1. The van der Waals surface area contributed by atoms with Gasteiger partial charge in [-0.3, -0.25) is 9.59 Å². The Morgan fingerprint density at radius 2 is 2.10 bits per heavy atom. The van der Waals surface area contributed by atoms with Gasteiger partial charge in [-0.2, -0.15) is 0 Å². The average molecular weight is 278 g/mol. The van der Waals surface area contributed by atoms with Crippen molar-refractivity contribution in [1.29, 1.82) is 0 Å². The Bertz CT molecular complexity index is 537. The van der Waals surface area contributed by atoms with Gasteiger partial charge in [0.1, 0.15) is 11.7 Å². The smallest absolute Gasteiger partial charge is 0.239 e. The molecule has 4 nitrogen and oxygen atoms in total. The molecule has 1 atom stereocenters. The van der Waals surface area contributed by atoms with Crippen molar-refractivity contribution >= 4 is 17.5 Å². The fraction of sp³-hybridized carbons (Fsp3) is 0.467. The summed E-state index contributed by atoms with van der Waals surface area (Å²) in [5, 5.41) is 2.81. The van der Waals surface area contributed by atoms with E-state index < -0.39 is 11.7 Å². The minimum Gasteiger partial charge on any atom is -0.351 e. The number of hydrogen-bond acceptors (Lipinski definition) is 2. The summed E-state index contributed by atoms with van der Waals surface area (Å²) in [7, 11) is 0. The van der Waals surface area contributed by atoms with E-state index >= 15 is 0 Å². The zero-order chi connectivity index (χ0) is 14.9. The lowest BCUT2D eigenvalue weighted by atomic mass is 10.0. The lowest BCUT2D eigenvalue weighted by Gasteiger charge is -2.23. The second kappa shape index (κ2) is 5.23. The summed E-state index contributed by atoms with van der Waals surface area (Å²) in [4.78, 5) is 25.8. The van der Waals surface area contributed by atoms with Crippen LogP contribution in [0.1, 0.15) is 27.2 Å². The third kappa shape index (κ3) is 3.15. The minimum atomic E-state index is -0.683. The number of anilines is 1. The molecule has 1 unspecified atom stereocenters. The molecule has 1 saturated heterocycles. The summed E-state index contributed by atoms with van der Waals surface area (Å²) >= 11 is 0. The van der Waals surface area contributed by atoms with E-state index in [1.807, 2.05) is 20.8 Å². The first-order valence-electron chi connectivity index (χ1n) is 6.67. The molecule has 1 aromatic carbocycles. The van der Waals surface area contributed by atoms with E-state index in [1.54, 1.807) is 12.1 Å². The largest absolute Gasteiger partial charge is 0.351 e. The molecule has 1 aliphatic heterocycles. The highest BCUT2D eigenvalue weighted by Crippen LogP contribution is 2.26. The molecule has 1 fully saturated rings. The maximum absolute atomic E-state index is 13.2. The van der Waals surface area contributed by atoms with Crippen LogP contribution in [0.4, 0.5) is 10.1 Å². The summed E-state index contributed by atoms with van der Waals surface area (Å²) in [6.45, 7) is 6.04. The third-order valence-electron chi connectivity index (χ3n) is 3.14. The molecule has 1 aromatic rings. The molecule has 2 rings (SSSR count). The third-order valence-corrected chi connectivity index (χ3v) is 3.14. The van der Waals surface area contributed by atoms with Gasteiger partial charge in [-0.1, -0.05) is 6.07 Å². The first-order valence-corrected chi connectivity index (χ1v) is 6.67. The highest BCUT2D eigenvalue weighted by molar-refractivity contribution is 6.09. The van der Waals surface area contributed by atoms with Gasteiger partial charge in [0.05, 0.1) is 0 Å². The molecule has 1 heterocycles. The van der Waals surface area contributed by atoms with Crippen LogP contribution in [0.25, 0.3) is 0 Å². The first-order chi connectivity index (χ1) is 9.28. The van der Waals surface area contributed by atoms with Crippen LogP contribution >= 0.6 is 0 Å². The van der Waals surface area contributed by atoms with Gasteiger partial charge >= 0.3 is 0 Å². The summed E-state index contributed by atoms with van der Waals surface area (Å²) in [5.41, 5.74) is 0.130. The van der Waals surface area contributed by atoms with Gasteiger partial charge in [0.2, 0.25) is 11.8 Å². The van der Waals surface area contributed by atoms with Crippen LogP contribution in [0.15, 0.2) is 24.3 Å². The van der Waals surface area contributed by atoms with Crippen molar-refractivity contribution in [1.82, 2.24) is 5.32 Å². The summed E-state index contributed by atoms with van der Waals surface area (Å²) < 4.78 is 13.2. The first kappa shape index (κ1) is 14.5. The zero-order valence-electron chi connectivity index (χ0n) is 11.9.